The van der Waals surface area contributed by atoms with Crippen molar-refractivity contribution in [1.29, 1.82) is 0 Å². The number of sulfonamides is 1. The van der Waals surface area contributed by atoms with Crippen LogP contribution in [0.4, 0.5) is 11.6 Å². The number of nitrogens with zero attached hydrogens (tertiary/aromatic N) is 2. The lowest BCUT2D eigenvalue weighted by Gasteiger charge is -2.11. The first-order valence-electron chi connectivity index (χ1n) is 4.94. The van der Waals surface area contributed by atoms with E-state index in [-0.39, 0.29) is 16.5 Å². The maximum Gasteiger partial charge on any atom is 0.267 e. The highest BCUT2D eigenvalue weighted by Gasteiger charge is 2.22. The lowest BCUT2D eigenvalue weighted by molar-refractivity contribution is 0.600. The molecule has 19 heavy (non-hydrogen) atoms. The number of hydrogen-bond acceptors (Lipinski definition) is 5. The monoisotopic (exact) mass is 406 g/mol. The van der Waals surface area contributed by atoms with Crippen molar-refractivity contribution in [2.24, 2.45) is 0 Å². The van der Waals surface area contributed by atoms with Gasteiger partial charge in [0, 0.05) is 21.3 Å². The minimum atomic E-state index is -3.86. The molecule has 0 amide bonds. The molecule has 0 spiro atoms. The molecule has 9 heteroatoms. The van der Waals surface area contributed by atoms with Gasteiger partial charge in [0.2, 0.25) is 5.95 Å². The van der Waals surface area contributed by atoms with Crippen molar-refractivity contribution in [1.82, 2.24) is 9.97 Å². The van der Waals surface area contributed by atoms with Gasteiger partial charge in [-0.1, -0.05) is 15.9 Å². The zero-order valence-electron chi connectivity index (χ0n) is 9.34. The van der Waals surface area contributed by atoms with E-state index in [4.69, 9.17) is 5.73 Å². The van der Waals surface area contributed by atoms with Crippen molar-refractivity contribution in [2.75, 3.05) is 10.5 Å². The summed E-state index contributed by atoms with van der Waals surface area (Å²) in [7, 11) is -3.86. The van der Waals surface area contributed by atoms with Crippen LogP contribution in [0.5, 0.6) is 0 Å². The second-order valence-corrected chi connectivity index (χ2v) is 6.87. The number of benzene rings is 1. The van der Waals surface area contributed by atoms with E-state index in [0.29, 0.717) is 8.95 Å². The zero-order valence-corrected chi connectivity index (χ0v) is 13.3. The second kappa shape index (κ2) is 5.43. The molecule has 3 N–H and O–H groups in total. The van der Waals surface area contributed by atoms with Crippen LogP contribution in [-0.4, -0.2) is 18.4 Å². The van der Waals surface area contributed by atoms with E-state index in [2.05, 4.69) is 46.5 Å². The Morgan fingerprint density at radius 2 is 1.79 bits per heavy atom. The molecule has 0 aliphatic carbocycles. The number of nitrogens with one attached hydrogen (secondary N) is 1. The van der Waals surface area contributed by atoms with Crippen LogP contribution in [-0.2, 0) is 10.0 Å². The highest BCUT2D eigenvalue weighted by Crippen LogP contribution is 2.32. The summed E-state index contributed by atoms with van der Waals surface area (Å²) in [4.78, 5) is 7.55. The van der Waals surface area contributed by atoms with Crippen molar-refractivity contribution in [3.63, 3.8) is 0 Å². The van der Waals surface area contributed by atoms with E-state index in [1.165, 1.54) is 18.5 Å². The summed E-state index contributed by atoms with van der Waals surface area (Å²) in [6.07, 6.45) is 2.87. The van der Waals surface area contributed by atoms with Gasteiger partial charge in [-0.2, -0.15) is 0 Å². The van der Waals surface area contributed by atoms with E-state index in [0.717, 1.165) is 0 Å². The third-order valence-corrected chi connectivity index (χ3v) is 4.89. The van der Waals surface area contributed by atoms with Gasteiger partial charge in [-0.25, -0.2) is 23.1 Å². The van der Waals surface area contributed by atoms with Crippen LogP contribution < -0.4 is 10.5 Å². The molecule has 0 saturated heterocycles. The average molecular weight is 408 g/mol. The molecule has 1 heterocycles. The number of anilines is 2. The standard InChI is InChI=1S/C10H8Br2N4O2S/c11-6-4-7(12)9(8(13)5-6)19(17,18)16-10-14-2-1-3-15-10/h1-5H,13H2,(H,14,15,16). The van der Waals surface area contributed by atoms with E-state index in [1.807, 2.05) is 0 Å². The lowest BCUT2D eigenvalue weighted by Crippen LogP contribution is -2.17. The Hall–Kier alpha value is -1.19. The molecule has 2 rings (SSSR count). The summed E-state index contributed by atoms with van der Waals surface area (Å²) in [6.45, 7) is 0. The van der Waals surface area contributed by atoms with E-state index in [9.17, 15) is 8.42 Å². The maximum atomic E-state index is 12.2. The van der Waals surface area contributed by atoms with Crippen LogP contribution in [0.15, 0.2) is 44.4 Å². The fourth-order valence-electron chi connectivity index (χ4n) is 1.39. The van der Waals surface area contributed by atoms with Crippen LogP contribution in [0.1, 0.15) is 0 Å². The molecule has 0 aliphatic rings. The Bertz CT molecular complexity index is 684. The highest BCUT2D eigenvalue weighted by atomic mass is 79.9. The summed E-state index contributed by atoms with van der Waals surface area (Å²) >= 11 is 6.41. The highest BCUT2D eigenvalue weighted by molar-refractivity contribution is 9.11. The van der Waals surface area contributed by atoms with Crippen LogP contribution in [0.25, 0.3) is 0 Å². The third-order valence-electron chi connectivity index (χ3n) is 2.10. The molecule has 0 aliphatic heterocycles. The Labute approximate surface area is 126 Å². The zero-order chi connectivity index (χ0) is 14.0. The van der Waals surface area contributed by atoms with Crippen LogP contribution in [0.2, 0.25) is 0 Å². The van der Waals surface area contributed by atoms with Gasteiger partial charge in [0.25, 0.3) is 10.0 Å². The van der Waals surface area contributed by atoms with Gasteiger partial charge in [-0.15, -0.1) is 0 Å². The average Bonchev–Trinajstić information content (AvgIpc) is 2.27. The minimum absolute atomic E-state index is 0.0169. The lowest BCUT2D eigenvalue weighted by atomic mass is 10.3. The number of aromatic nitrogens is 2. The number of nitrogens with two attached hydrogens (primary N) is 1. The second-order valence-electron chi connectivity index (χ2n) is 3.48. The fourth-order valence-corrected chi connectivity index (χ4v) is 4.42. The SMILES string of the molecule is Nc1cc(Br)cc(Br)c1S(=O)(=O)Nc1ncccn1. The maximum absolute atomic E-state index is 12.2. The largest absolute Gasteiger partial charge is 0.398 e. The Morgan fingerprint density at radius 3 is 2.37 bits per heavy atom. The van der Waals surface area contributed by atoms with Crippen molar-refractivity contribution < 1.29 is 8.42 Å². The summed E-state index contributed by atoms with van der Waals surface area (Å²) in [5.41, 5.74) is 5.86. The van der Waals surface area contributed by atoms with Gasteiger partial charge in [0.1, 0.15) is 4.90 Å². The molecule has 100 valence electrons. The molecule has 1 aromatic carbocycles. The molecule has 0 saturated carbocycles. The molecule has 0 fully saturated rings. The molecular formula is C10H8Br2N4O2S. The quantitative estimate of drug-likeness (QED) is 0.761. The van der Waals surface area contributed by atoms with Crippen LogP contribution in [0, 0.1) is 0 Å². The summed E-state index contributed by atoms with van der Waals surface area (Å²) in [5, 5.41) is 0. The van der Waals surface area contributed by atoms with Gasteiger partial charge in [-0.05, 0) is 34.1 Å². The van der Waals surface area contributed by atoms with Crippen molar-refractivity contribution in [2.45, 2.75) is 4.90 Å². The molecule has 0 unspecified atom stereocenters. The number of halogens is 2. The van der Waals surface area contributed by atoms with Crippen molar-refractivity contribution in [3.8, 4) is 0 Å². The molecule has 6 nitrogen and oxygen atoms in total. The topological polar surface area (TPSA) is 98.0 Å². The van der Waals surface area contributed by atoms with Gasteiger partial charge >= 0.3 is 0 Å². The van der Waals surface area contributed by atoms with Gasteiger partial charge in [0.15, 0.2) is 0 Å². The Balaban J connectivity index is 2.46. The van der Waals surface area contributed by atoms with Crippen molar-refractivity contribution in [3.05, 3.63) is 39.5 Å². The number of rotatable bonds is 3. The van der Waals surface area contributed by atoms with Crippen LogP contribution >= 0.6 is 31.9 Å². The first kappa shape index (κ1) is 14.2. The van der Waals surface area contributed by atoms with Gasteiger partial charge in [0.05, 0.1) is 5.69 Å². The van der Waals surface area contributed by atoms with Crippen molar-refractivity contribution >= 4 is 53.5 Å². The van der Waals surface area contributed by atoms with E-state index in [1.54, 1.807) is 12.1 Å². The molecular weight excluding hydrogens is 400 g/mol. The summed E-state index contributed by atoms with van der Waals surface area (Å²) < 4.78 is 27.8. The predicted octanol–water partition coefficient (Wildman–Crippen LogP) is 2.38. The van der Waals surface area contributed by atoms with Crippen LogP contribution in [0.3, 0.4) is 0 Å². The number of hydrogen-bond donors (Lipinski definition) is 2. The molecule has 0 radical (unpaired) electrons. The minimum Gasteiger partial charge on any atom is -0.398 e. The van der Waals surface area contributed by atoms with Gasteiger partial charge in [-0.3, -0.25) is 0 Å². The smallest absolute Gasteiger partial charge is 0.267 e. The number of nitrogen functional groups attached to an aromatic ring is 1. The Kier molecular flexibility index (Phi) is 4.07. The fraction of sp³-hybridized carbons (Fsp3) is 0. The summed E-state index contributed by atoms with van der Waals surface area (Å²) in [5.74, 6) is -0.0169. The molecule has 0 atom stereocenters. The van der Waals surface area contributed by atoms with E-state index >= 15 is 0 Å². The van der Waals surface area contributed by atoms with Gasteiger partial charge < -0.3 is 5.73 Å². The molecule has 1 aromatic heterocycles. The Morgan fingerprint density at radius 1 is 1.16 bits per heavy atom. The first-order valence-corrected chi connectivity index (χ1v) is 8.01. The third kappa shape index (κ3) is 3.23. The predicted molar refractivity (Wildman–Crippen MR) is 79.1 cm³/mol. The first-order chi connectivity index (χ1) is 8.90. The van der Waals surface area contributed by atoms with E-state index < -0.39 is 10.0 Å². The molecule has 2 aromatic rings. The molecule has 0 bridgehead atoms. The summed E-state index contributed by atoms with van der Waals surface area (Å²) in [6, 6.07) is 4.68. The normalized spacial score (nSPS) is 11.3.